The normalized spacial score (nSPS) is 13.1. The van der Waals surface area contributed by atoms with Gasteiger partial charge in [0.1, 0.15) is 17.0 Å². The van der Waals surface area contributed by atoms with Gasteiger partial charge in [0.15, 0.2) is 0 Å². The average Bonchev–Trinajstić information content (AvgIpc) is 2.94. The van der Waals surface area contributed by atoms with Gasteiger partial charge in [0.25, 0.3) is 5.91 Å². The van der Waals surface area contributed by atoms with Crippen molar-refractivity contribution in [2.24, 2.45) is 11.3 Å². The summed E-state index contributed by atoms with van der Waals surface area (Å²) in [5.74, 6) is 0.360. The van der Waals surface area contributed by atoms with Crippen LogP contribution in [0.5, 0.6) is 0 Å². The van der Waals surface area contributed by atoms with E-state index in [-0.39, 0.29) is 11.8 Å². The number of hydrogen-bond acceptors (Lipinski definition) is 4. The second-order valence-electron chi connectivity index (χ2n) is 7.19. The molecular weight excluding hydrogens is 304 g/mol. The maximum absolute atomic E-state index is 12.7. The first-order valence-electron chi connectivity index (χ1n) is 8.22. The molecule has 0 spiro atoms. The van der Waals surface area contributed by atoms with Crippen LogP contribution in [0.1, 0.15) is 43.8 Å². The number of hydrogen-bond donors (Lipinski definition) is 2. The van der Waals surface area contributed by atoms with Crippen molar-refractivity contribution < 1.29 is 14.4 Å². The third kappa shape index (κ3) is 3.85. The predicted octanol–water partition coefficient (Wildman–Crippen LogP) is 3.42. The lowest BCUT2D eigenvalue weighted by atomic mass is 9.80. The number of amides is 1. The van der Waals surface area contributed by atoms with E-state index in [1.165, 1.54) is 0 Å². The molecule has 0 aliphatic heterocycles. The van der Waals surface area contributed by atoms with Crippen LogP contribution < -0.4 is 5.32 Å². The quantitative estimate of drug-likeness (QED) is 0.851. The molecule has 1 aromatic heterocycles. The second kappa shape index (κ2) is 7.18. The Morgan fingerprint density at radius 1 is 1.29 bits per heavy atom. The van der Waals surface area contributed by atoms with E-state index in [4.69, 9.17) is 4.52 Å². The van der Waals surface area contributed by atoms with Crippen molar-refractivity contribution in [3.8, 4) is 11.3 Å². The molecule has 24 heavy (non-hydrogen) atoms. The number of aliphatic hydroxyl groups is 1. The van der Waals surface area contributed by atoms with E-state index in [0.29, 0.717) is 23.6 Å². The van der Waals surface area contributed by atoms with Gasteiger partial charge in [-0.15, -0.1) is 0 Å². The summed E-state index contributed by atoms with van der Waals surface area (Å²) in [6, 6.07) is 9.47. The van der Waals surface area contributed by atoms with Crippen LogP contribution in [0.3, 0.4) is 0 Å². The molecule has 0 radical (unpaired) electrons. The zero-order valence-corrected chi connectivity index (χ0v) is 15.0. The molecule has 2 aromatic rings. The van der Waals surface area contributed by atoms with Crippen molar-refractivity contribution >= 4 is 5.91 Å². The van der Waals surface area contributed by atoms with Gasteiger partial charge in [-0.2, -0.15) is 0 Å². The number of nitrogens with one attached hydrogen (secondary N) is 1. The fourth-order valence-electron chi connectivity index (χ4n) is 2.84. The Morgan fingerprint density at radius 2 is 1.92 bits per heavy atom. The fourth-order valence-corrected chi connectivity index (χ4v) is 2.84. The molecule has 0 fully saturated rings. The molecule has 1 unspecified atom stereocenters. The van der Waals surface area contributed by atoms with Crippen molar-refractivity contribution in [2.75, 3.05) is 6.54 Å². The van der Waals surface area contributed by atoms with Crippen LogP contribution in [0, 0.1) is 18.3 Å². The molecule has 0 aliphatic carbocycles. The lowest BCUT2D eigenvalue weighted by molar-refractivity contribution is 0.0138. The molecule has 0 saturated heterocycles. The summed E-state index contributed by atoms with van der Waals surface area (Å²) in [7, 11) is 0. The Bertz CT molecular complexity index is 690. The first-order valence-corrected chi connectivity index (χ1v) is 8.22. The Labute approximate surface area is 143 Å². The zero-order chi connectivity index (χ0) is 17.9. The number of rotatable bonds is 6. The molecule has 1 heterocycles. The lowest BCUT2D eigenvalue weighted by Crippen LogP contribution is -2.43. The first-order chi connectivity index (χ1) is 11.2. The van der Waals surface area contributed by atoms with E-state index >= 15 is 0 Å². The third-order valence-electron chi connectivity index (χ3n) is 4.27. The lowest BCUT2D eigenvalue weighted by Gasteiger charge is -2.33. The Hall–Kier alpha value is -2.14. The molecule has 2 rings (SSSR count). The van der Waals surface area contributed by atoms with E-state index in [9.17, 15) is 9.90 Å². The highest BCUT2D eigenvalue weighted by Gasteiger charge is 2.31. The minimum Gasteiger partial charge on any atom is -0.392 e. The number of carbonyl (C=O) groups is 1. The molecule has 5 heteroatoms. The van der Waals surface area contributed by atoms with Crippen LogP contribution in [0.2, 0.25) is 0 Å². The number of aryl methyl sites for hydroxylation is 1. The molecule has 5 nitrogen and oxygen atoms in total. The summed E-state index contributed by atoms with van der Waals surface area (Å²) in [6.45, 7) is 9.90. The fraction of sp³-hybridized carbons (Fsp3) is 0.474. The molecule has 0 saturated carbocycles. The molecule has 1 amide bonds. The highest BCUT2D eigenvalue weighted by atomic mass is 16.5. The zero-order valence-electron chi connectivity index (χ0n) is 15.0. The van der Waals surface area contributed by atoms with Gasteiger partial charge in [0.05, 0.1) is 6.10 Å². The maximum Gasteiger partial charge on any atom is 0.257 e. The molecule has 2 N–H and O–H groups in total. The number of benzene rings is 1. The van der Waals surface area contributed by atoms with Gasteiger partial charge in [-0.3, -0.25) is 4.79 Å². The van der Waals surface area contributed by atoms with Gasteiger partial charge < -0.3 is 14.9 Å². The minimum absolute atomic E-state index is 0.120. The van der Waals surface area contributed by atoms with Crippen LogP contribution in [0.25, 0.3) is 11.3 Å². The van der Waals surface area contributed by atoms with Crippen molar-refractivity contribution in [2.45, 2.75) is 40.7 Å². The van der Waals surface area contributed by atoms with Crippen LogP contribution in [-0.2, 0) is 0 Å². The molecule has 1 atom stereocenters. The van der Waals surface area contributed by atoms with Crippen molar-refractivity contribution in [1.82, 2.24) is 10.5 Å². The van der Waals surface area contributed by atoms with Gasteiger partial charge in [0.2, 0.25) is 0 Å². The van der Waals surface area contributed by atoms with E-state index in [2.05, 4.69) is 10.5 Å². The Balaban J connectivity index is 2.18. The standard InChI is InChI=1S/C19H26N2O3/c1-12(2)17(22)19(4,5)11-20-18(23)15-13(3)24-21-16(15)14-9-7-6-8-10-14/h6-10,12,17,22H,11H2,1-5H3,(H,20,23). The van der Waals surface area contributed by atoms with Crippen LogP contribution >= 0.6 is 0 Å². The summed E-state index contributed by atoms with van der Waals surface area (Å²) in [6.07, 6.45) is -0.505. The largest absolute Gasteiger partial charge is 0.392 e. The summed E-state index contributed by atoms with van der Waals surface area (Å²) >= 11 is 0. The van der Waals surface area contributed by atoms with Crippen molar-refractivity contribution in [3.63, 3.8) is 0 Å². The van der Waals surface area contributed by atoms with Gasteiger partial charge in [-0.25, -0.2) is 0 Å². The number of nitrogens with zero attached hydrogens (tertiary/aromatic N) is 1. The van der Waals surface area contributed by atoms with E-state index < -0.39 is 11.5 Å². The molecule has 1 aromatic carbocycles. The maximum atomic E-state index is 12.7. The summed E-state index contributed by atoms with van der Waals surface area (Å²) in [5, 5.41) is 17.2. The minimum atomic E-state index is -0.505. The average molecular weight is 330 g/mol. The number of aromatic nitrogens is 1. The monoisotopic (exact) mass is 330 g/mol. The second-order valence-corrected chi connectivity index (χ2v) is 7.19. The van der Waals surface area contributed by atoms with Gasteiger partial charge in [-0.1, -0.05) is 63.2 Å². The molecular formula is C19H26N2O3. The first kappa shape index (κ1) is 18.2. The Kier molecular flexibility index (Phi) is 5.44. The summed E-state index contributed by atoms with van der Waals surface area (Å²) in [4.78, 5) is 12.7. The Morgan fingerprint density at radius 3 is 2.50 bits per heavy atom. The molecule has 130 valence electrons. The highest BCUT2D eigenvalue weighted by Crippen LogP contribution is 2.27. The number of carbonyl (C=O) groups excluding carboxylic acids is 1. The van der Waals surface area contributed by atoms with Crippen LogP contribution in [0.15, 0.2) is 34.9 Å². The smallest absolute Gasteiger partial charge is 0.257 e. The summed E-state index contributed by atoms with van der Waals surface area (Å²) in [5.41, 5.74) is 1.38. The van der Waals surface area contributed by atoms with E-state index in [1.807, 2.05) is 58.0 Å². The van der Waals surface area contributed by atoms with E-state index in [1.54, 1.807) is 6.92 Å². The van der Waals surface area contributed by atoms with Gasteiger partial charge >= 0.3 is 0 Å². The SMILES string of the molecule is Cc1onc(-c2ccccc2)c1C(=O)NCC(C)(C)C(O)C(C)C. The van der Waals surface area contributed by atoms with Crippen LogP contribution in [0.4, 0.5) is 0 Å². The third-order valence-corrected chi connectivity index (χ3v) is 4.27. The van der Waals surface area contributed by atoms with Crippen molar-refractivity contribution in [1.29, 1.82) is 0 Å². The van der Waals surface area contributed by atoms with Crippen LogP contribution in [-0.4, -0.2) is 28.8 Å². The number of aliphatic hydroxyl groups excluding tert-OH is 1. The van der Waals surface area contributed by atoms with Gasteiger partial charge in [-0.05, 0) is 12.8 Å². The summed E-state index contributed by atoms with van der Waals surface area (Å²) < 4.78 is 5.23. The topological polar surface area (TPSA) is 75.4 Å². The van der Waals surface area contributed by atoms with Gasteiger partial charge in [0, 0.05) is 17.5 Å². The van der Waals surface area contributed by atoms with E-state index in [0.717, 1.165) is 5.56 Å². The van der Waals surface area contributed by atoms with Crippen molar-refractivity contribution in [3.05, 3.63) is 41.7 Å². The molecule has 0 aliphatic rings. The molecule has 0 bridgehead atoms. The predicted molar refractivity (Wildman–Crippen MR) is 93.6 cm³/mol. The highest BCUT2D eigenvalue weighted by molar-refractivity contribution is 6.00.